The van der Waals surface area contributed by atoms with Gasteiger partial charge in [-0.25, -0.2) is 0 Å². The van der Waals surface area contributed by atoms with E-state index in [-0.39, 0.29) is 0 Å². The molecule has 3 nitrogen and oxygen atoms in total. The number of halogens is 1. The highest BCUT2D eigenvalue weighted by Crippen LogP contribution is 2.28. The molecule has 0 bridgehead atoms. The van der Waals surface area contributed by atoms with Crippen LogP contribution in [0.15, 0.2) is 24.3 Å². The minimum atomic E-state index is -1.23. The number of hydrogen-bond donors (Lipinski definition) is 1. The third-order valence-corrected chi connectivity index (χ3v) is 2.53. The molecule has 1 rings (SSSR count). The fraction of sp³-hybridized carbons (Fsp3) is 0.455. The summed E-state index contributed by atoms with van der Waals surface area (Å²) >= 11 is 5.85. The molecule has 0 radical (unpaired) electrons. The minimum Gasteiger partial charge on any atom is -0.380 e. The van der Waals surface area contributed by atoms with E-state index < -0.39 is 11.9 Å². The highest BCUT2D eigenvalue weighted by atomic mass is 35.5. The van der Waals surface area contributed by atoms with Gasteiger partial charge >= 0.3 is 0 Å². The molecule has 0 aliphatic carbocycles. The summed E-state index contributed by atoms with van der Waals surface area (Å²) in [5.41, 5.74) is -0.572. The van der Waals surface area contributed by atoms with Crippen LogP contribution in [0.2, 0.25) is 5.02 Å². The van der Waals surface area contributed by atoms with E-state index in [0.717, 1.165) is 0 Å². The Morgan fingerprint density at radius 3 is 2.40 bits per heavy atom. The molecule has 15 heavy (non-hydrogen) atoms. The van der Waals surface area contributed by atoms with Gasteiger partial charge in [-0.1, -0.05) is 23.7 Å². The largest absolute Gasteiger partial charge is 0.380 e. The van der Waals surface area contributed by atoms with E-state index in [1.807, 2.05) is 0 Å². The SMILES string of the molecule is COC(OC)C(C)(O)c1cccc(Cl)c1. The smallest absolute Gasteiger partial charge is 0.189 e. The van der Waals surface area contributed by atoms with Crippen LogP contribution < -0.4 is 0 Å². The third kappa shape index (κ3) is 2.69. The summed E-state index contributed by atoms with van der Waals surface area (Å²) in [4.78, 5) is 0. The maximum Gasteiger partial charge on any atom is 0.189 e. The average molecular weight is 231 g/mol. The summed E-state index contributed by atoms with van der Waals surface area (Å²) in [6.07, 6.45) is -0.726. The van der Waals surface area contributed by atoms with Crippen LogP contribution >= 0.6 is 11.6 Å². The third-order valence-electron chi connectivity index (χ3n) is 2.30. The van der Waals surface area contributed by atoms with Crippen molar-refractivity contribution in [3.63, 3.8) is 0 Å². The molecular formula is C11H15ClO3. The highest BCUT2D eigenvalue weighted by Gasteiger charge is 2.34. The lowest BCUT2D eigenvalue weighted by Crippen LogP contribution is -2.39. The molecule has 1 aromatic rings. The van der Waals surface area contributed by atoms with Gasteiger partial charge in [-0.3, -0.25) is 0 Å². The van der Waals surface area contributed by atoms with E-state index in [1.54, 1.807) is 31.2 Å². The summed E-state index contributed by atoms with van der Waals surface area (Å²) in [6, 6.07) is 6.98. The van der Waals surface area contributed by atoms with Crippen molar-refractivity contribution in [3.05, 3.63) is 34.9 Å². The molecule has 0 heterocycles. The Balaban J connectivity index is 3.03. The second kappa shape index (κ2) is 4.94. The summed E-state index contributed by atoms with van der Waals surface area (Å²) < 4.78 is 10.1. The first-order valence-electron chi connectivity index (χ1n) is 4.56. The van der Waals surface area contributed by atoms with Crippen molar-refractivity contribution in [3.8, 4) is 0 Å². The van der Waals surface area contributed by atoms with Gasteiger partial charge < -0.3 is 14.6 Å². The van der Waals surface area contributed by atoms with Crippen LogP contribution in [0.1, 0.15) is 12.5 Å². The van der Waals surface area contributed by atoms with Crippen molar-refractivity contribution >= 4 is 11.6 Å². The van der Waals surface area contributed by atoms with E-state index in [4.69, 9.17) is 21.1 Å². The normalized spacial score (nSPS) is 15.3. The number of benzene rings is 1. The maximum atomic E-state index is 10.3. The van der Waals surface area contributed by atoms with E-state index in [0.29, 0.717) is 10.6 Å². The van der Waals surface area contributed by atoms with Gasteiger partial charge in [0.15, 0.2) is 6.29 Å². The second-order valence-corrected chi connectivity index (χ2v) is 3.90. The van der Waals surface area contributed by atoms with E-state index in [9.17, 15) is 5.11 Å². The molecule has 0 fully saturated rings. The molecule has 0 aromatic heterocycles. The highest BCUT2D eigenvalue weighted by molar-refractivity contribution is 6.30. The van der Waals surface area contributed by atoms with Crippen molar-refractivity contribution < 1.29 is 14.6 Å². The molecule has 0 amide bonds. The predicted molar refractivity (Wildman–Crippen MR) is 58.8 cm³/mol. The molecule has 4 heteroatoms. The quantitative estimate of drug-likeness (QED) is 0.806. The van der Waals surface area contributed by atoms with Crippen molar-refractivity contribution in [2.24, 2.45) is 0 Å². The Labute approximate surface area is 94.6 Å². The van der Waals surface area contributed by atoms with Crippen molar-refractivity contribution in [2.75, 3.05) is 14.2 Å². The van der Waals surface area contributed by atoms with Crippen LogP contribution in [0.25, 0.3) is 0 Å². The molecule has 0 saturated heterocycles. The minimum absolute atomic E-state index is 0.568. The number of ether oxygens (including phenoxy) is 2. The monoisotopic (exact) mass is 230 g/mol. The maximum absolute atomic E-state index is 10.3. The van der Waals surface area contributed by atoms with Crippen LogP contribution in [0.5, 0.6) is 0 Å². The molecular weight excluding hydrogens is 216 g/mol. The summed E-state index contributed by atoms with van der Waals surface area (Å²) in [5, 5.41) is 10.8. The predicted octanol–water partition coefficient (Wildman–Crippen LogP) is 2.17. The molecule has 1 N–H and O–H groups in total. The Hall–Kier alpha value is -0.610. The van der Waals surface area contributed by atoms with Crippen LogP contribution in [0.3, 0.4) is 0 Å². The van der Waals surface area contributed by atoms with Gasteiger partial charge in [-0.15, -0.1) is 0 Å². The Morgan fingerprint density at radius 1 is 1.33 bits per heavy atom. The first kappa shape index (κ1) is 12.5. The fourth-order valence-corrected chi connectivity index (χ4v) is 1.68. The molecule has 84 valence electrons. The number of hydrogen-bond acceptors (Lipinski definition) is 3. The van der Waals surface area contributed by atoms with Crippen LogP contribution in [0.4, 0.5) is 0 Å². The molecule has 0 aliphatic heterocycles. The number of rotatable bonds is 4. The Kier molecular flexibility index (Phi) is 4.11. The second-order valence-electron chi connectivity index (χ2n) is 3.46. The van der Waals surface area contributed by atoms with Gasteiger partial charge in [0.25, 0.3) is 0 Å². The average Bonchev–Trinajstić information content (AvgIpc) is 2.19. The van der Waals surface area contributed by atoms with Gasteiger partial charge in [0.2, 0.25) is 0 Å². The molecule has 1 unspecified atom stereocenters. The van der Waals surface area contributed by atoms with Crippen molar-refractivity contribution in [1.29, 1.82) is 0 Å². The lowest BCUT2D eigenvalue weighted by molar-refractivity contribution is -0.213. The molecule has 0 saturated carbocycles. The van der Waals surface area contributed by atoms with Gasteiger partial charge in [0.05, 0.1) is 0 Å². The summed E-state index contributed by atoms with van der Waals surface area (Å²) in [5.74, 6) is 0. The van der Waals surface area contributed by atoms with Crippen LogP contribution in [-0.2, 0) is 15.1 Å². The van der Waals surface area contributed by atoms with Crippen molar-refractivity contribution in [1.82, 2.24) is 0 Å². The van der Waals surface area contributed by atoms with Gasteiger partial charge in [0, 0.05) is 19.2 Å². The van der Waals surface area contributed by atoms with E-state index in [2.05, 4.69) is 0 Å². The van der Waals surface area contributed by atoms with E-state index >= 15 is 0 Å². The van der Waals surface area contributed by atoms with E-state index in [1.165, 1.54) is 14.2 Å². The van der Waals surface area contributed by atoms with Crippen molar-refractivity contribution in [2.45, 2.75) is 18.8 Å². The number of aliphatic hydroxyl groups is 1. The summed E-state index contributed by atoms with van der Waals surface area (Å²) in [6.45, 7) is 1.62. The lowest BCUT2D eigenvalue weighted by atomic mass is 9.95. The molecule has 1 atom stereocenters. The fourth-order valence-electron chi connectivity index (χ4n) is 1.49. The molecule has 0 aliphatic rings. The molecule has 0 spiro atoms. The summed E-state index contributed by atoms with van der Waals surface area (Å²) in [7, 11) is 2.96. The van der Waals surface area contributed by atoms with Crippen LogP contribution in [-0.4, -0.2) is 25.6 Å². The first-order valence-corrected chi connectivity index (χ1v) is 4.94. The number of methoxy groups -OCH3 is 2. The topological polar surface area (TPSA) is 38.7 Å². The lowest BCUT2D eigenvalue weighted by Gasteiger charge is -2.30. The van der Waals surface area contributed by atoms with Crippen LogP contribution in [0, 0.1) is 0 Å². The Morgan fingerprint density at radius 2 is 1.93 bits per heavy atom. The zero-order valence-electron chi connectivity index (χ0n) is 9.03. The Bertz CT molecular complexity index is 321. The molecule has 1 aromatic carbocycles. The van der Waals surface area contributed by atoms with Gasteiger partial charge in [-0.05, 0) is 24.6 Å². The zero-order valence-corrected chi connectivity index (χ0v) is 9.78. The van der Waals surface area contributed by atoms with Gasteiger partial charge in [-0.2, -0.15) is 0 Å². The standard InChI is InChI=1S/C11H15ClO3/c1-11(13,10(14-2)15-3)8-5-4-6-9(12)7-8/h4-7,10,13H,1-3H3. The zero-order chi connectivity index (χ0) is 11.5. The first-order chi connectivity index (χ1) is 7.02. The van der Waals surface area contributed by atoms with Gasteiger partial charge in [0.1, 0.15) is 5.60 Å².